The third kappa shape index (κ3) is 4.94. The first-order chi connectivity index (χ1) is 10.0. The van der Waals surface area contributed by atoms with E-state index in [1.54, 1.807) is 0 Å². The second-order valence-electron chi connectivity index (χ2n) is 5.95. The number of benzene rings is 1. The summed E-state index contributed by atoms with van der Waals surface area (Å²) in [6.45, 7) is 10.8. The summed E-state index contributed by atoms with van der Waals surface area (Å²) in [5.41, 5.74) is 2.41. The van der Waals surface area contributed by atoms with Crippen molar-refractivity contribution in [1.82, 2.24) is 5.32 Å². The zero-order chi connectivity index (χ0) is 15.2. The van der Waals surface area contributed by atoms with Crippen molar-refractivity contribution in [2.45, 2.75) is 40.8 Å². The van der Waals surface area contributed by atoms with Gasteiger partial charge in [-0.15, -0.1) is 0 Å². The highest BCUT2D eigenvalue weighted by Gasteiger charge is 2.08. The summed E-state index contributed by atoms with van der Waals surface area (Å²) in [5, 5.41) is 3.40. The molecular weight excluding hydrogens is 262 g/mol. The molecule has 21 heavy (non-hydrogen) atoms. The summed E-state index contributed by atoms with van der Waals surface area (Å²) in [7, 11) is 0. The van der Waals surface area contributed by atoms with Crippen LogP contribution in [0.15, 0.2) is 34.7 Å². The monoisotopic (exact) mass is 287 g/mol. The molecule has 0 spiro atoms. The fraction of sp³-hybridized carbons (Fsp3) is 0.444. The Bertz CT molecular complexity index is 555. The summed E-state index contributed by atoms with van der Waals surface area (Å²) in [5.74, 6) is 3.38. The maximum Gasteiger partial charge on any atom is 0.146 e. The topological polar surface area (TPSA) is 34.4 Å². The molecule has 0 fully saturated rings. The van der Waals surface area contributed by atoms with Crippen LogP contribution in [0.4, 0.5) is 0 Å². The molecule has 3 nitrogen and oxygen atoms in total. The van der Waals surface area contributed by atoms with Crippen LogP contribution in [0.3, 0.4) is 0 Å². The predicted molar refractivity (Wildman–Crippen MR) is 85.5 cm³/mol. The van der Waals surface area contributed by atoms with Gasteiger partial charge in [-0.3, -0.25) is 0 Å². The van der Waals surface area contributed by atoms with E-state index in [2.05, 4.69) is 39.1 Å². The lowest BCUT2D eigenvalue weighted by atomic mass is 10.2. The van der Waals surface area contributed by atoms with E-state index in [4.69, 9.17) is 9.15 Å². The first kappa shape index (κ1) is 15.6. The zero-order valence-electron chi connectivity index (χ0n) is 13.4. The van der Waals surface area contributed by atoms with Gasteiger partial charge in [-0.1, -0.05) is 31.5 Å². The second-order valence-corrected chi connectivity index (χ2v) is 5.95. The fourth-order valence-electron chi connectivity index (χ4n) is 2.10. The molecule has 0 bridgehead atoms. The Morgan fingerprint density at radius 2 is 1.86 bits per heavy atom. The van der Waals surface area contributed by atoms with Crippen LogP contribution in [-0.2, 0) is 13.2 Å². The molecule has 1 heterocycles. The number of rotatable bonds is 7. The number of hydrogen-bond acceptors (Lipinski definition) is 3. The summed E-state index contributed by atoms with van der Waals surface area (Å²) >= 11 is 0. The highest BCUT2D eigenvalue weighted by Crippen LogP contribution is 2.18. The molecule has 1 aromatic carbocycles. The molecule has 2 aromatic rings. The largest absolute Gasteiger partial charge is 0.486 e. The standard InChI is InChI=1S/C18H25NO2/c1-13(2)10-19-11-18-15(4)9-17(21-18)12-20-16-7-5-14(3)6-8-16/h5-9,13,19H,10-12H2,1-4H3. The lowest BCUT2D eigenvalue weighted by Gasteiger charge is -2.06. The van der Waals surface area contributed by atoms with Crippen LogP contribution < -0.4 is 10.1 Å². The van der Waals surface area contributed by atoms with E-state index in [1.165, 1.54) is 11.1 Å². The van der Waals surface area contributed by atoms with E-state index < -0.39 is 0 Å². The molecular formula is C18H25NO2. The van der Waals surface area contributed by atoms with Crippen molar-refractivity contribution in [3.8, 4) is 5.75 Å². The SMILES string of the molecule is Cc1ccc(OCc2cc(C)c(CNCC(C)C)o2)cc1. The van der Waals surface area contributed by atoms with Crippen molar-refractivity contribution < 1.29 is 9.15 Å². The zero-order valence-corrected chi connectivity index (χ0v) is 13.4. The van der Waals surface area contributed by atoms with Crippen molar-refractivity contribution in [2.75, 3.05) is 6.54 Å². The molecule has 0 unspecified atom stereocenters. The van der Waals surface area contributed by atoms with Crippen molar-refractivity contribution >= 4 is 0 Å². The van der Waals surface area contributed by atoms with Crippen LogP contribution in [0.25, 0.3) is 0 Å². The second kappa shape index (κ2) is 7.32. The number of hydrogen-bond donors (Lipinski definition) is 1. The molecule has 0 aliphatic heterocycles. The van der Waals surface area contributed by atoms with Crippen LogP contribution in [-0.4, -0.2) is 6.54 Å². The molecule has 0 aliphatic rings. The van der Waals surface area contributed by atoms with Gasteiger partial charge in [-0.05, 0) is 50.1 Å². The minimum atomic E-state index is 0.466. The molecule has 2 rings (SSSR count). The molecule has 1 aromatic heterocycles. The highest BCUT2D eigenvalue weighted by molar-refractivity contribution is 5.27. The van der Waals surface area contributed by atoms with Gasteiger partial charge in [0.2, 0.25) is 0 Å². The van der Waals surface area contributed by atoms with Gasteiger partial charge in [0, 0.05) is 0 Å². The predicted octanol–water partition coefficient (Wildman–Crippen LogP) is 4.22. The first-order valence-corrected chi connectivity index (χ1v) is 7.53. The first-order valence-electron chi connectivity index (χ1n) is 7.53. The van der Waals surface area contributed by atoms with Crippen LogP contribution >= 0.6 is 0 Å². The Kier molecular flexibility index (Phi) is 5.45. The quantitative estimate of drug-likeness (QED) is 0.828. The van der Waals surface area contributed by atoms with E-state index in [1.807, 2.05) is 24.3 Å². The molecule has 0 radical (unpaired) electrons. The van der Waals surface area contributed by atoms with Crippen molar-refractivity contribution in [3.63, 3.8) is 0 Å². The lowest BCUT2D eigenvalue weighted by Crippen LogP contribution is -2.18. The maximum atomic E-state index is 5.85. The number of nitrogens with one attached hydrogen (secondary N) is 1. The van der Waals surface area contributed by atoms with Gasteiger partial charge in [-0.2, -0.15) is 0 Å². The summed E-state index contributed by atoms with van der Waals surface area (Å²) in [6.07, 6.45) is 0. The molecule has 0 amide bonds. The van der Waals surface area contributed by atoms with Crippen LogP contribution in [0.5, 0.6) is 5.75 Å². The van der Waals surface area contributed by atoms with Gasteiger partial charge in [-0.25, -0.2) is 0 Å². The number of furan rings is 1. The summed E-state index contributed by atoms with van der Waals surface area (Å²) < 4.78 is 11.6. The molecule has 1 N–H and O–H groups in total. The summed E-state index contributed by atoms with van der Waals surface area (Å²) in [6, 6.07) is 10.1. The fourth-order valence-corrected chi connectivity index (χ4v) is 2.10. The van der Waals surface area contributed by atoms with Gasteiger partial charge >= 0.3 is 0 Å². The van der Waals surface area contributed by atoms with Crippen LogP contribution in [0.1, 0.15) is 36.5 Å². The van der Waals surface area contributed by atoms with Crippen molar-refractivity contribution in [2.24, 2.45) is 5.92 Å². The Morgan fingerprint density at radius 3 is 2.52 bits per heavy atom. The average Bonchev–Trinajstić information content (AvgIpc) is 2.78. The Labute approximate surface area is 127 Å². The molecule has 0 saturated heterocycles. The molecule has 0 saturated carbocycles. The van der Waals surface area contributed by atoms with Gasteiger partial charge < -0.3 is 14.5 Å². The van der Waals surface area contributed by atoms with E-state index in [-0.39, 0.29) is 0 Å². The molecule has 0 atom stereocenters. The smallest absolute Gasteiger partial charge is 0.146 e. The summed E-state index contributed by atoms with van der Waals surface area (Å²) in [4.78, 5) is 0. The minimum absolute atomic E-state index is 0.466. The van der Waals surface area contributed by atoms with Gasteiger partial charge in [0.15, 0.2) is 0 Å². The van der Waals surface area contributed by atoms with Gasteiger partial charge in [0.05, 0.1) is 6.54 Å². The normalized spacial score (nSPS) is 11.1. The van der Waals surface area contributed by atoms with Gasteiger partial charge in [0.1, 0.15) is 23.9 Å². The van der Waals surface area contributed by atoms with Crippen LogP contribution in [0.2, 0.25) is 0 Å². The minimum Gasteiger partial charge on any atom is -0.486 e. The van der Waals surface area contributed by atoms with Crippen molar-refractivity contribution in [1.29, 1.82) is 0 Å². The van der Waals surface area contributed by atoms with Crippen LogP contribution in [0, 0.1) is 19.8 Å². The maximum absolute atomic E-state index is 5.85. The Hall–Kier alpha value is -1.74. The van der Waals surface area contributed by atoms with Gasteiger partial charge in [0.25, 0.3) is 0 Å². The molecule has 114 valence electrons. The van der Waals surface area contributed by atoms with E-state index in [0.717, 1.165) is 30.4 Å². The molecule has 0 aliphatic carbocycles. The van der Waals surface area contributed by atoms with E-state index in [0.29, 0.717) is 12.5 Å². The third-order valence-corrected chi connectivity index (χ3v) is 3.31. The molecule has 3 heteroatoms. The number of ether oxygens (including phenoxy) is 1. The van der Waals surface area contributed by atoms with E-state index >= 15 is 0 Å². The lowest BCUT2D eigenvalue weighted by molar-refractivity contribution is 0.264. The van der Waals surface area contributed by atoms with E-state index in [9.17, 15) is 0 Å². The highest BCUT2D eigenvalue weighted by atomic mass is 16.5. The number of aryl methyl sites for hydroxylation is 2. The third-order valence-electron chi connectivity index (χ3n) is 3.31. The average molecular weight is 287 g/mol. The Morgan fingerprint density at radius 1 is 1.14 bits per heavy atom. The van der Waals surface area contributed by atoms with Crippen molar-refractivity contribution in [3.05, 3.63) is 53.0 Å². The Balaban J connectivity index is 1.87.